The van der Waals surface area contributed by atoms with E-state index < -0.39 is 40.8 Å². The lowest BCUT2D eigenvalue weighted by atomic mass is 10.0. The molecule has 38 heavy (non-hydrogen) atoms. The molecule has 1 fully saturated rings. The largest absolute Gasteiger partial charge is 0.497 e. The highest BCUT2D eigenvalue weighted by Crippen LogP contribution is 2.26. The van der Waals surface area contributed by atoms with Crippen LogP contribution >= 0.6 is 0 Å². The summed E-state index contributed by atoms with van der Waals surface area (Å²) in [6, 6.07) is 5.91. The van der Waals surface area contributed by atoms with Gasteiger partial charge >= 0.3 is 5.97 Å². The Morgan fingerprint density at radius 2 is 1.84 bits per heavy atom. The molecule has 200 valence electrons. The smallest absolute Gasteiger partial charge is 0.324 e. The van der Waals surface area contributed by atoms with Gasteiger partial charge in [0.2, 0.25) is 0 Å². The Kier molecular flexibility index (Phi) is 8.81. The maximum Gasteiger partial charge on any atom is 0.324 e. The lowest BCUT2D eigenvalue weighted by molar-refractivity contribution is -0.149. The van der Waals surface area contributed by atoms with E-state index in [4.69, 9.17) is 9.47 Å². The molecule has 1 aliphatic heterocycles. The number of pyridine rings is 1. The van der Waals surface area contributed by atoms with Crippen LogP contribution in [0, 0.1) is 35.1 Å². The van der Waals surface area contributed by atoms with Crippen molar-refractivity contribution in [1.29, 1.82) is 0 Å². The van der Waals surface area contributed by atoms with Crippen LogP contribution in [0.1, 0.15) is 17.5 Å². The average molecular weight is 530 g/mol. The number of benzene rings is 2. The van der Waals surface area contributed by atoms with Crippen molar-refractivity contribution >= 4 is 16.9 Å². The third-order valence-electron chi connectivity index (χ3n) is 6.58. The Labute approximate surface area is 218 Å². The predicted molar refractivity (Wildman–Crippen MR) is 134 cm³/mol. The molecule has 1 saturated heterocycles. The summed E-state index contributed by atoms with van der Waals surface area (Å²) in [5.74, 6) is 1.78. The summed E-state index contributed by atoms with van der Waals surface area (Å²) in [6.07, 6.45) is 2.24. The highest BCUT2D eigenvalue weighted by molar-refractivity contribution is 5.83. The van der Waals surface area contributed by atoms with E-state index in [0.717, 1.165) is 0 Å². The van der Waals surface area contributed by atoms with Gasteiger partial charge in [0, 0.05) is 37.2 Å². The standard InChI is InChI=1S/C28H27F4N3O3/c1-37-19-7-8-26-22(15-19)20(25(32)16-33-26)5-4-10-35-12-11-34(17-27(35)28(36)38-2)9-3-6-21-23(30)13-18(29)14-24(21)31/h7-8,13-16,27H,4-5,9-12,17H2,1-2H3/t27-/m1/s1. The van der Waals surface area contributed by atoms with Crippen molar-refractivity contribution < 1.29 is 31.8 Å². The van der Waals surface area contributed by atoms with Crippen molar-refractivity contribution in [3.05, 3.63) is 70.9 Å². The number of hydrogen-bond donors (Lipinski definition) is 0. The quantitative estimate of drug-likeness (QED) is 0.263. The molecule has 2 heterocycles. The maximum atomic E-state index is 14.7. The molecule has 10 heteroatoms. The minimum Gasteiger partial charge on any atom is -0.497 e. The molecule has 4 rings (SSSR count). The molecule has 1 atom stereocenters. The van der Waals surface area contributed by atoms with Crippen LogP contribution in [0.3, 0.4) is 0 Å². The molecule has 1 aliphatic rings. The van der Waals surface area contributed by atoms with Gasteiger partial charge in [0.05, 0.1) is 38.0 Å². The molecular formula is C28H27F4N3O3. The summed E-state index contributed by atoms with van der Waals surface area (Å²) in [4.78, 5) is 20.5. The highest BCUT2D eigenvalue weighted by atomic mass is 19.1. The van der Waals surface area contributed by atoms with Crippen LogP contribution in [0.4, 0.5) is 17.6 Å². The Morgan fingerprint density at radius 1 is 1.08 bits per heavy atom. The first kappa shape index (κ1) is 27.4. The summed E-state index contributed by atoms with van der Waals surface area (Å²) in [5, 5.41) is 0.686. The van der Waals surface area contributed by atoms with Crippen molar-refractivity contribution in [3.63, 3.8) is 0 Å². The summed E-state index contributed by atoms with van der Waals surface area (Å²) in [5.41, 5.74) is 0.713. The maximum absolute atomic E-state index is 14.7. The molecule has 0 unspecified atom stereocenters. The molecule has 0 N–H and O–H groups in total. The van der Waals surface area contributed by atoms with Crippen molar-refractivity contribution in [2.45, 2.75) is 18.9 Å². The molecular weight excluding hydrogens is 502 g/mol. The third-order valence-corrected chi connectivity index (χ3v) is 6.58. The molecule has 3 aromatic rings. The Balaban J connectivity index is 1.40. The van der Waals surface area contributed by atoms with E-state index >= 15 is 0 Å². The van der Waals surface area contributed by atoms with E-state index in [9.17, 15) is 22.4 Å². The molecule has 1 aromatic heterocycles. The SMILES string of the molecule is COC(=O)[C@H]1CN(CC#Cc2c(F)cc(F)cc2F)CCN1CCCc1c(F)cnc2ccc(OC)cc12. The fourth-order valence-corrected chi connectivity index (χ4v) is 4.59. The Hall–Kier alpha value is -3.68. The summed E-state index contributed by atoms with van der Waals surface area (Å²) < 4.78 is 65.7. The number of aryl methyl sites for hydroxylation is 1. The van der Waals surface area contributed by atoms with Gasteiger partial charge < -0.3 is 9.47 Å². The second-order valence-electron chi connectivity index (χ2n) is 8.93. The summed E-state index contributed by atoms with van der Waals surface area (Å²) in [7, 11) is 2.86. The molecule has 0 aliphatic carbocycles. The number of halogens is 4. The van der Waals surface area contributed by atoms with Gasteiger partial charge in [0.15, 0.2) is 0 Å². The zero-order chi connectivity index (χ0) is 27.2. The zero-order valence-corrected chi connectivity index (χ0v) is 21.1. The van der Waals surface area contributed by atoms with Crippen molar-refractivity contribution in [1.82, 2.24) is 14.8 Å². The van der Waals surface area contributed by atoms with Crippen LogP contribution in [0.25, 0.3) is 10.9 Å². The number of carbonyl (C=O) groups is 1. The van der Waals surface area contributed by atoms with Crippen LogP contribution in [-0.2, 0) is 16.0 Å². The monoisotopic (exact) mass is 529 g/mol. The van der Waals surface area contributed by atoms with Crippen molar-refractivity contribution in [3.8, 4) is 17.6 Å². The van der Waals surface area contributed by atoms with E-state index in [-0.39, 0.29) is 6.54 Å². The molecule has 0 radical (unpaired) electrons. The minimum atomic E-state index is -1.07. The number of esters is 1. The molecule has 6 nitrogen and oxygen atoms in total. The molecule has 0 amide bonds. The number of fused-ring (bicyclic) bond motifs is 1. The Bertz CT molecular complexity index is 1370. The summed E-state index contributed by atoms with van der Waals surface area (Å²) in [6.45, 7) is 2.07. The van der Waals surface area contributed by atoms with Gasteiger partial charge in [0.25, 0.3) is 0 Å². The number of piperazine rings is 1. The van der Waals surface area contributed by atoms with Gasteiger partial charge in [-0.15, -0.1) is 0 Å². The first-order valence-corrected chi connectivity index (χ1v) is 12.1. The number of aromatic nitrogens is 1. The normalized spacial score (nSPS) is 16.2. The van der Waals surface area contributed by atoms with E-state index in [1.807, 2.05) is 9.80 Å². The Morgan fingerprint density at radius 3 is 2.55 bits per heavy atom. The topological polar surface area (TPSA) is 54.9 Å². The number of rotatable bonds is 7. The average Bonchev–Trinajstić information content (AvgIpc) is 2.91. The van der Waals surface area contributed by atoms with Crippen LogP contribution in [-0.4, -0.2) is 73.7 Å². The zero-order valence-electron chi connectivity index (χ0n) is 21.1. The minimum absolute atomic E-state index is 0.160. The number of carbonyl (C=O) groups excluding carboxylic acids is 1. The fraction of sp³-hybridized carbons (Fsp3) is 0.357. The van der Waals surface area contributed by atoms with E-state index in [1.165, 1.54) is 13.3 Å². The van der Waals surface area contributed by atoms with Gasteiger partial charge in [-0.25, -0.2) is 17.6 Å². The second-order valence-corrected chi connectivity index (χ2v) is 8.93. The lowest BCUT2D eigenvalue weighted by Gasteiger charge is -2.39. The van der Waals surface area contributed by atoms with Gasteiger partial charge in [0.1, 0.15) is 35.1 Å². The van der Waals surface area contributed by atoms with Crippen molar-refractivity contribution in [2.75, 3.05) is 46.9 Å². The van der Waals surface area contributed by atoms with Gasteiger partial charge in [-0.05, 0) is 43.1 Å². The summed E-state index contributed by atoms with van der Waals surface area (Å²) >= 11 is 0. The first-order chi connectivity index (χ1) is 18.3. The highest BCUT2D eigenvalue weighted by Gasteiger charge is 2.32. The molecule has 0 bridgehead atoms. The van der Waals surface area contributed by atoms with Crippen LogP contribution in [0.5, 0.6) is 5.75 Å². The van der Waals surface area contributed by atoms with E-state index in [1.54, 1.807) is 25.3 Å². The number of nitrogens with zero attached hydrogens (tertiary/aromatic N) is 3. The molecule has 0 spiro atoms. The second kappa shape index (κ2) is 12.2. The first-order valence-electron chi connectivity index (χ1n) is 12.1. The van der Waals surface area contributed by atoms with E-state index in [2.05, 4.69) is 16.8 Å². The number of methoxy groups -OCH3 is 2. The van der Waals surface area contributed by atoms with Gasteiger partial charge in [-0.3, -0.25) is 19.6 Å². The predicted octanol–water partition coefficient (Wildman–Crippen LogP) is 3.94. The van der Waals surface area contributed by atoms with Crippen molar-refractivity contribution in [2.24, 2.45) is 0 Å². The van der Waals surface area contributed by atoms with Crippen LogP contribution < -0.4 is 4.74 Å². The molecule has 2 aromatic carbocycles. The van der Waals surface area contributed by atoms with Crippen LogP contribution in [0.15, 0.2) is 36.5 Å². The van der Waals surface area contributed by atoms with E-state index in [0.29, 0.717) is 73.4 Å². The lowest BCUT2D eigenvalue weighted by Crippen LogP contribution is -2.56. The molecule has 0 saturated carbocycles. The fourth-order valence-electron chi connectivity index (χ4n) is 4.59. The number of hydrogen-bond acceptors (Lipinski definition) is 6. The number of ether oxygens (including phenoxy) is 2. The van der Waals surface area contributed by atoms with Crippen LogP contribution in [0.2, 0.25) is 0 Å². The van der Waals surface area contributed by atoms with Gasteiger partial charge in [-0.2, -0.15) is 0 Å². The third kappa shape index (κ3) is 6.23. The van der Waals surface area contributed by atoms with Gasteiger partial charge in [-0.1, -0.05) is 11.8 Å².